The Kier molecular flexibility index (Phi) is 3.76. The average molecular weight is 285 g/mol. The SMILES string of the molecule is CC(C)C=CC(=N)C1=CC(=O)c2c(O)ccc(O)c2C1=O. The molecule has 0 saturated carbocycles. The molecule has 0 aliphatic heterocycles. The van der Waals surface area contributed by atoms with Crippen molar-refractivity contribution in [2.45, 2.75) is 13.8 Å². The molecule has 5 heteroatoms. The number of nitrogens with one attached hydrogen (secondary N) is 1. The number of fused-ring (bicyclic) bond motifs is 1. The first-order valence-corrected chi connectivity index (χ1v) is 6.45. The fraction of sp³-hybridized carbons (Fsp3) is 0.188. The second-order valence-corrected chi connectivity index (χ2v) is 5.12. The van der Waals surface area contributed by atoms with Crippen LogP contribution in [-0.4, -0.2) is 27.5 Å². The van der Waals surface area contributed by atoms with Crippen LogP contribution < -0.4 is 0 Å². The Morgan fingerprint density at radius 1 is 1.14 bits per heavy atom. The van der Waals surface area contributed by atoms with Gasteiger partial charge in [0.2, 0.25) is 0 Å². The van der Waals surface area contributed by atoms with Gasteiger partial charge in [-0.15, -0.1) is 0 Å². The summed E-state index contributed by atoms with van der Waals surface area (Å²) in [6.07, 6.45) is 4.21. The van der Waals surface area contributed by atoms with Gasteiger partial charge in [-0.25, -0.2) is 0 Å². The quantitative estimate of drug-likeness (QED) is 0.587. The molecule has 0 fully saturated rings. The molecule has 0 amide bonds. The van der Waals surface area contributed by atoms with Crippen LogP contribution in [0.1, 0.15) is 34.6 Å². The molecule has 21 heavy (non-hydrogen) atoms. The number of benzene rings is 1. The fourth-order valence-electron chi connectivity index (χ4n) is 2.04. The van der Waals surface area contributed by atoms with Crippen molar-refractivity contribution in [2.75, 3.05) is 0 Å². The van der Waals surface area contributed by atoms with E-state index in [0.717, 1.165) is 18.2 Å². The summed E-state index contributed by atoms with van der Waals surface area (Å²) in [5, 5.41) is 27.4. The lowest BCUT2D eigenvalue weighted by Gasteiger charge is -2.16. The van der Waals surface area contributed by atoms with Crippen molar-refractivity contribution in [3.05, 3.63) is 47.1 Å². The number of aromatic hydroxyl groups is 2. The van der Waals surface area contributed by atoms with E-state index in [4.69, 9.17) is 5.41 Å². The summed E-state index contributed by atoms with van der Waals surface area (Å²) in [5.41, 5.74) is -0.662. The molecular weight excluding hydrogens is 270 g/mol. The molecule has 1 aliphatic rings. The number of allylic oxidation sites excluding steroid dienone is 4. The summed E-state index contributed by atoms with van der Waals surface area (Å²) in [4.78, 5) is 24.4. The third-order valence-corrected chi connectivity index (χ3v) is 3.09. The van der Waals surface area contributed by atoms with Crippen molar-refractivity contribution >= 4 is 17.3 Å². The number of carbonyl (C=O) groups excluding carboxylic acids is 2. The molecule has 0 aromatic heterocycles. The zero-order valence-corrected chi connectivity index (χ0v) is 11.7. The molecule has 0 radical (unpaired) electrons. The van der Waals surface area contributed by atoms with Crippen LogP contribution in [0.25, 0.3) is 0 Å². The highest BCUT2D eigenvalue weighted by Crippen LogP contribution is 2.34. The average Bonchev–Trinajstić information content (AvgIpc) is 2.42. The minimum Gasteiger partial charge on any atom is -0.507 e. The van der Waals surface area contributed by atoms with E-state index in [-0.39, 0.29) is 39.8 Å². The van der Waals surface area contributed by atoms with Gasteiger partial charge in [0.1, 0.15) is 11.5 Å². The van der Waals surface area contributed by atoms with Crippen molar-refractivity contribution in [1.82, 2.24) is 0 Å². The standard InChI is InChI=1S/C16H15NO4/c1-8(2)3-4-10(17)9-7-13(20)14-11(18)5-6-12(19)15(14)16(9)21/h3-8,17-19H,1-2H3. The third-order valence-electron chi connectivity index (χ3n) is 3.09. The van der Waals surface area contributed by atoms with E-state index in [0.29, 0.717) is 0 Å². The first-order valence-electron chi connectivity index (χ1n) is 6.45. The number of phenolic OH excluding ortho intramolecular Hbond substituents is 2. The van der Waals surface area contributed by atoms with E-state index < -0.39 is 11.6 Å². The molecule has 0 heterocycles. The van der Waals surface area contributed by atoms with E-state index in [1.807, 2.05) is 13.8 Å². The summed E-state index contributed by atoms with van der Waals surface area (Å²) < 4.78 is 0. The Balaban J connectivity index is 2.51. The molecule has 5 nitrogen and oxygen atoms in total. The molecule has 3 N–H and O–H groups in total. The van der Waals surface area contributed by atoms with Crippen LogP contribution in [0, 0.1) is 11.3 Å². The van der Waals surface area contributed by atoms with E-state index in [1.165, 1.54) is 6.08 Å². The Morgan fingerprint density at radius 2 is 1.71 bits per heavy atom. The van der Waals surface area contributed by atoms with Crippen LogP contribution in [0.5, 0.6) is 11.5 Å². The smallest absolute Gasteiger partial charge is 0.199 e. The van der Waals surface area contributed by atoms with Crippen molar-refractivity contribution in [3.63, 3.8) is 0 Å². The Hall–Kier alpha value is -2.69. The van der Waals surface area contributed by atoms with E-state index in [1.54, 1.807) is 6.08 Å². The van der Waals surface area contributed by atoms with Gasteiger partial charge in [0.05, 0.1) is 22.4 Å². The highest BCUT2D eigenvalue weighted by Gasteiger charge is 2.32. The first kappa shape index (κ1) is 14.7. The van der Waals surface area contributed by atoms with Gasteiger partial charge in [-0.3, -0.25) is 9.59 Å². The van der Waals surface area contributed by atoms with E-state index in [2.05, 4.69) is 0 Å². The molecule has 0 atom stereocenters. The van der Waals surface area contributed by atoms with Crippen LogP contribution in [0.15, 0.2) is 35.9 Å². The van der Waals surface area contributed by atoms with Gasteiger partial charge >= 0.3 is 0 Å². The summed E-state index contributed by atoms with van der Waals surface area (Å²) >= 11 is 0. The largest absolute Gasteiger partial charge is 0.507 e. The summed E-state index contributed by atoms with van der Waals surface area (Å²) in [7, 11) is 0. The maximum Gasteiger partial charge on any atom is 0.199 e. The van der Waals surface area contributed by atoms with Gasteiger partial charge in [0.25, 0.3) is 0 Å². The Labute approximate surface area is 121 Å². The van der Waals surface area contributed by atoms with Gasteiger partial charge in [0.15, 0.2) is 11.6 Å². The normalized spacial score (nSPS) is 14.5. The molecular formula is C16H15NO4. The molecule has 0 saturated heterocycles. The number of hydrogen-bond acceptors (Lipinski definition) is 5. The van der Waals surface area contributed by atoms with Gasteiger partial charge in [-0.1, -0.05) is 19.9 Å². The number of ketones is 2. The van der Waals surface area contributed by atoms with Crippen molar-refractivity contribution < 1.29 is 19.8 Å². The van der Waals surface area contributed by atoms with Gasteiger partial charge in [-0.05, 0) is 30.2 Å². The zero-order chi connectivity index (χ0) is 15.7. The van der Waals surface area contributed by atoms with Crippen molar-refractivity contribution in [2.24, 2.45) is 5.92 Å². The zero-order valence-electron chi connectivity index (χ0n) is 11.7. The minimum absolute atomic E-state index is 0.0923. The predicted octanol–water partition coefficient (Wildman–Crippen LogP) is 2.64. The molecule has 1 aromatic rings. The summed E-state index contributed by atoms with van der Waals surface area (Å²) in [5.74, 6) is -1.79. The maximum absolute atomic E-state index is 12.4. The molecule has 1 aliphatic carbocycles. The van der Waals surface area contributed by atoms with Crippen LogP contribution in [0.4, 0.5) is 0 Å². The number of phenols is 2. The third kappa shape index (κ3) is 2.63. The predicted molar refractivity (Wildman–Crippen MR) is 78.2 cm³/mol. The second kappa shape index (κ2) is 5.36. The lowest BCUT2D eigenvalue weighted by molar-refractivity contribution is 0.0984. The summed E-state index contributed by atoms with van der Waals surface area (Å²) in [6, 6.07) is 2.30. The van der Waals surface area contributed by atoms with Gasteiger partial charge in [-0.2, -0.15) is 0 Å². The van der Waals surface area contributed by atoms with Crippen LogP contribution in [0.2, 0.25) is 0 Å². The molecule has 0 bridgehead atoms. The van der Waals surface area contributed by atoms with Crippen molar-refractivity contribution in [3.8, 4) is 11.5 Å². The molecule has 108 valence electrons. The van der Waals surface area contributed by atoms with Crippen LogP contribution in [0.3, 0.4) is 0 Å². The number of carbonyl (C=O) groups is 2. The van der Waals surface area contributed by atoms with E-state index >= 15 is 0 Å². The lowest BCUT2D eigenvalue weighted by atomic mass is 9.86. The second-order valence-electron chi connectivity index (χ2n) is 5.12. The van der Waals surface area contributed by atoms with Gasteiger partial charge in [0, 0.05) is 0 Å². The monoisotopic (exact) mass is 285 g/mol. The van der Waals surface area contributed by atoms with Crippen LogP contribution in [-0.2, 0) is 0 Å². The molecule has 2 rings (SSSR count). The molecule has 1 aromatic carbocycles. The topological polar surface area (TPSA) is 98.5 Å². The number of hydrogen-bond donors (Lipinski definition) is 3. The number of Topliss-reactive ketones (excluding diaryl/α,β-unsaturated/α-hetero) is 1. The Bertz CT molecular complexity index is 711. The molecule has 0 spiro atoms. The Morgan fingerprint density at radius 3 is 2.29 bits per heavy atom. The van der Waals surface area contributed by atoms with E-state index in [9.17, 15) is 19.8 Å². The fourth-order valence-corrected chi connectivity index (χ4v) is 2.04. The minimum atomic E-state index is -0.642. The lowest BCUT2D eigenvalue weighted by Crippen LogP contribution is -2.21. The molecule has 0 unspecified atom stereocenters. The summed E-state index contributed by atoms with van der Waals surface area (Å²) in [6.45, 7) is 3.84. The number of rotatable bonds is 3. The van der Waals surface area contributed by atoms with Gasteiger partial charge < -0.3 is 15.6 Å². The van der Waals surface area contributed by atoms with Crippen LogP contribution >= 0.6 is 0 Å². The van der Waals surface area contributed by atoms with Crippen molar-refractivity contribution in [1.29, 1.82) is 5.41 Å². The highest BCUT2D eigenvalue weighted by atomic mass is 16.3. The highest BCUT2D eigenvalue weighted by molar-refractivity contribution is 6.38. The maximum atomic E-state index is 12.4. The first-order chi connectivity index (χ1) is 9.82.